The van der Waals surface area contributed by atoms with E-state index in [4.69, 9.17) is 15.2 Å². The van der Waals surface area contributed by atoms with E-state index in [2.05, 4.69) is 6.92 Å². The highest BCUT2D eigenvalue weighted by Crippen LogP contribution is 2.32. The van der Waals surface area contributed by atoms with Crippen molar-refractivity contribution in [1.29, 1.82) is 0 Å². The Bertz CT molecular complexity index is 533. The molecule has 2 N–H and O–H groups in total. The van der Waals surface area contributed by atoms with Crippen molar-refractivity contribution in [1.82, 2.24) is 4.90 Å². The first-order chi connectivity index (χ1) is 10.5. The number of rotatable bonds is 6. The maximum Gasteiger partial charge on any atom is 0.254 e. The highest BCUT2D eigenvalue weighted by Gasteiger charge is 2.35. The molecule has 0 saturated carbocycles. The molecule has 1 aromatic carbocycles. The highest BCUT2D eigenvalue weighted by atomic mass is 16.5. The second kappa shape index (κ2) is 7.01. The zero-order valence-electron chi connectivity index (χ0n) is 13.7. The summed E-state index contributed by atoms with van der Waals surface area (Å²) >= 11 is 0. The first-order valence-electron chi connectivity index (χ1n) is 7.92. The fourth-order valence-electron chi connectivity index (χ4n) is 2.73. The third-order valence-electron chi connectivity index (χ3n) is 4.13. The van der Waals surface area contributed by atoms with Gasteiger partial charge in [0.05, 0.1) is 13.2 Å². The molecular weight excluding hydrogens is 280 g/mol. The van der Waals surface area contributed by atoms with Crippen LogP contribution in [-0.4, -0.2) is 43.7 Å². The molecular formula is C17H26N2O3. The zero-order valence-corrected chi connectivity index (χ0v) is 13.7. The fraction of sp³-hybridized carbons (Fsp3) is 0.588. The van der Waals surface area contributed by atoms with Crippen LogP contribution in [0.4, 0.5) is 0 Å². The van der Waals surface area contributed by atoms with Crippen molar-refractivity contribution in [2.75, 3.05) is 32.8 Å². The molecule has 1 aliphatic heterocycles. The van der Waals surface area contributed by atoms with E-state index >= 15 is 0 Å². The van der Waals surface area contributed by atoms with E-state index in [-0.39, 0.29) is 11.3 Å². The van der Waals surface area contributed by atoms with Crippen molar-refractivity contribution >= 4 is 5.91 Å². The van der Waals surface area contributed by atoms with Crippen LogP contribution in [0.3, 0.4) is 0 Å². The van der Waals surface area contributed by atoms with Crippen molar-refractivity contribution in [3.63, 3.8) is 0 Å². The summed E-state index contributed by atoms with van der Waals surface area (Å²) in [6.45, 7) is 9.13. The van der Waals surface area contributed by atoms with E-state index in [0.717, 1.165) is 13.0 Å². The van der Waals surface area contributed by atoms with E-state index in [1.807, 2.05) is 18.7 Å². The predicted molar refractivity (Wildman–Crippen MR) is 86.5 cm³/mol. The summed E-state index contributed by atoms with van der Waals surface area (Å²) in [5.74, 6) is 1.33. The van der Waals surface area contributed by atoms with Crippen LogP contribution in [0.1, 0.15) is 37.6 Å². The Balaban J connectivity index is 2.18. The van der Waals surface area contributed by atoms with E-state index in [1.165, 1.54) is 0 Å². The van der Waals surface area contributed by atoms with Crippen LogP contribution < -0.4 is 15.2 Å². The number of hydrogen-bond acceptors (Lipinski definition) is 4. The molecule has 2 rings (SSSR count). The quantitative estimate of drug-likeness (QED) is 0.876. The largest absolute Gasteiger partial charge is 0.490 e. The predicted octanol–water partition coefficient (Wildman–Crippen LogP) is 2.29. The number of amides is 1. The summed E-state index contributed by atoms with van der Waals surface area (Å²) in [6.07, 6.45) is 0.949. The number of benzene rings is 1. The van der Waals surface area contributed by atoms with Gasteiger partial charge in [-0.1, -0.05) is 6.92 Å². The number of ether oxygens (including phenoxy) is 2. The minimum atomic E-state index is 0.0289. The van der Waals surface area contributed by atoms with Crippen molar-refractivity contribution in [2.24, 2.45) is 11.1 Å². The van der Waals surface area contributed by atoms with Crippen LogP contribution in [0.5, 0.6) is 11.5 Å². The van der Waals surface area contributed by atoms with E-state index < -0.39 is 0 Å². The maximum atomic E-state index is 12.7. The molecule has 1 amide bonds. The lowest BCUT2D eigenvalue weighted by Gasteiger charge is -2.23. The first kappa shape index (κ1) is 16.6. The van der Waals surface area contributed by atoms with Gasteiger partial charge in [0.2, 0.25) is 0 Å². The van der Waals surface area contributed by atoms with Crippen molar-refractivity contribution in [2.45, 2.75) is 27.2 Å². The van der Waals surface area contributed by atoms with Crippen LogP contribution in [0.25, 0.3) is 0 Å². The molecule has 0 aliphatic carbocycles. The Morgan fingerprint density at radius 3 is 2.55 bits per heavy atom. The fourth-order valence-corrected chi connectivity index (χ4v) is 2.73. The summed E-state index contributed by atoms with van der Waals surface area (Å²) in [5, 5.41) is 0. The Kier molecular flexibility index (Phi) is 5.29. The molecule has 0 spiro atoms. The Labute approximate surface area is 132 Å². The molecule has 1 saturated heterocycles. The summed E-state index contributed by atoms with van der Waals surface area (Å²) in [4.78, 5) is 14.5. The average molecular weight is 306 g/mol. The monoisotopic (exact) mass is 306 g/mol. The molecule has 1 atom stereocenters. The van der Waals surface area contributed by atoms with Gasteiger partial charge in [-0.15, -0.1) is 0 Å². The molecule has 122 valence electrons. The molecule has 0 bridgehead atoms. The first-order valence-corrected chi connectivity index (χ1v) is 7.92. The second-order valence-electron chi connectivity index (χ2n) is 6.02. The van der Waals surface area contributed by atoms with E-state index in [0.29, 0.717) is 43.4 Å². The molecule has 1 aliphatic rings. The lowest BCUT2D eigenvalue weighted by molar-refractivity contribution is 0.0776. The molecule has 0 radical (unpaired) electrons. The second-order valence-corrected chi connectivity index (χ2v) is 6.02. The number of carbonyl (C=O) groups excluding carboxylic acids is 1. The molecule has 0 aromatic heterocycles. The van der Waals surface area contributed by atoms with Crippen LogP contribution in [0.2, 0.25) is 0 Å². The molecule has 5 nitrogen and oxygen atoms in total. The van der Waals surface area contributed by atoms with Gasteiger partial charge >= 0.3 is 0 Å². The van der Waals surface area contributed by atoms with Crippen LogP contribution in [-0.2, 0) is 0 Å². The minimum Gasteiger partial charge on any atom is -0.490 e. The van der Waals surface area contributed by atoms with Gasteiger partial charge in [0.25, 0.3) is 5.91 Å². The van der Waals surface area contributed by atoms with Gasteiger partial charge in [0, 0.05) is 18.7 Å². The van der Waals surface area contributed by atoms with Crippen LogP contribution >= 0.6 is 0 Å². The lowest BCUT2D eigenvalue weighted by Crippen LogP contribution is -2.34. The third kappa shape index (κ3) is 3.53. The highest BCUT2D eigenvalue weighted by molar-refractivity contribution is 5.95. The Hall–Kier alpha value is -1.75. The molecule has 5 heteroatoms. The third-order valence-corrected chi connectivity index (χ3v) is 4.13. The molecule has 22 heavy (non-hydrogen) atoms. The van der Waals surface area contributed by atoms with E-state index in [9.17, 15) is 4.79 Å². The Morgan fingerprint density at radius 2 is 1.95 bits per heavy atom. The van der Waals surface area contributed by atoms with Gasteiger partial charge in [-0.2, -0.15) is 0 Å². The lowest BCUT2D eigenvalue weighted by atomic mass is 9.90. The number of likely N-dealkylation sites (tertiary alicyclic amines) is 1. The van der Waals surface area contributed by atoms with Crippen LogP contribution in [0, 0.1) is 5.41 Å². The summed E-state index contributed by atoms with van der Waals surface area (Å²) in [6, 6.07) is 5.38. The normalized spacial score (nSPS) is 21.0. The van der Waals surface area contributed by atoms with Crippen molar-refractivity contribution in [3.05, 3.63) is 23.8 Å². The summed E-state index contributed by atoms with van der Waals surface area (Å²) in [5.41, 5.74) is 6.48. The summed E-state index contributed by atoms with van der Waals surface area (Å²) in [7, 11) is 0. The number of hydrogen-bond donors (Lipinski definition) is 1. The molecule has 1 heterocycles. The van der Waals surface area contributed by atoms with Gasteiger partial charge < -0.3 is 20.1 Å². The topological polar surface area (TPSA) is 64.8 Å². The van der Waals surface area contributed by atoms with Crippen molar-refractivity contribution < 1.29 is 14.3 Å². The maximum absolute atomic E-state index is 12.7. The van der Waals surface area contributed by atoms with Crippen LogP contribution in [0.15, 0.2) is 18.2 Å². The molecule has 1 unspecified atom stereocenters. The van der Waals surface area contributed by atoms with Gasteiger partial charge in [-0.05, 0) is 50.4 Å². The number of carbonyl (C=O) groups is 1. The van der Waals surface area contributed by atoms with E-state index in [1.54, 1.807) is 18.2 Å². The average Bonchev–Trinajstić information content (AvgIpc) is 2.92. The zero-order chi connectivity index (χ0) is 16.2. The number of nitrogens with zero attached hydrogens (tertiary/aromatic N) is 1. The van der Waals surface area contributed by atoms with Gasteiger partial charge in [0.1, 0.15) is 0 Å². The Morgan fingerprint density at radius 1 is 1.27 bits per heavy atom. The summed E-state index contributed by atoms with van der Waals surface area (Å²) < 4.78 is 11.1. The standard InChI is InChI=1S/C17H26N2O3/c1-4-21-14-7-6-13(10-15(14)22-5-2)16(20)19-9-8-17(3,11-18)12-19/h6-7,10H,4-5,8-9,11-12,18H2,1-3H3. The molecule has 1 aromatic rings. The SMILES string of the molecule is CCOc1ccc(C(=O)N2CCC(C)(CN)C2)cc1OCC. The number of nitrogens with two attached hydrogens (primary N) is 1. The smallest absolute Gasteiger partial charge is 0.254 e. The van der Waals surface area contributed by atoms with Gasteiger partial charge in [-0.3, -0.25) is 4.79 Å². The van der Waals surface area contributed by atoms with Gasteiger partial charge in [-0.25, -0.2) is 0 Å². The van der Waals surface area contributed by atoms with Gasteiger partial charge in [0.15, 0.2) is 11.5 Å². The molecule has 1 fully saturated rings. The van der Waals surface area contributed by atoms with Crippen molar-refractivity contribution in [3.8, 4) is 11.5 Å². The minimum absolute atomic E-state index is 0.0289.